The van der Waals surface area contributed by atoms with E-state index < -0.39 is 20.0 Å². The molecule has 3 unspecified atom stereocenters. The van der Waals surface area contributed by atoms with Crippen molar-refractivity contribution < 1.29 is 32.9 Å². The largest absolute Gasteiger partial charge is 0.472 e. The average molecular weight is 616 g/mol. The summed E-state index contributed by atoms with van der Waals surface area (Å²) in [5.41, 5.74) is 0. The number of hydrogen-bond acceptors (Lipinski definition) is 5. The Morgan fingerprint density at radius 2 is 1.31 bits per heavy atom. The number of aliphatic hydroxyl groups excluding tert-OH is 1. The van der Waals surface area contributed by atoms with Crippen LogP contribution in [0.15, 0.2) is 36.5 Å². The Labute approximate surface area is 257 Å². The minimum Gasteiger partial charge on any atom is -0.387 e. The maximum Gasteiger partial charge on any atom is 0.472 e. The number of unbranched alkanes of at least 4 members (excludes halogenated alkanes) is 11. The van der Waals surface area contributed by atoms with Crippen LogP contribution in [0.3, 0.4) is 0 Å². The Kier molecular flexibility index (Phi) is 25.4. The zero-order chi connectivity index (χ0) is 31.5. The van der Waals surface area contributed by atoms with Gasteiger partial charge in [0.15, 0.2) is 0 Å². The number of allylic oxidation sites excluding steroid dienone is 5. The van der Waals surface area contributed by atoms with Gasteiger partial charge in [-0.05, 0) is 44.9 Å². The predicted molar refractivity (Wildman–Crippen MR) is 175 cm³/mol. The van der Waals surface area contributed by atoms with E-state index in [1.165, 1.54) is 44.9 Å². The van der Waals surface area contributed by atoms with Gasteiger partial charge >= 0.3 is 7.82 Å². The fourth-order valence-corrected chi connectivity index (χ4v) is 4.86. The smallest absolute Gasteiger partial charge is 0.387 e. The first-order chi connectivity index (χ1) is 20.0. The first-order valence-corrected chi connectivity index (χ1v) is 17.9. The highest BCUT2D eigenvalue weighted by atomic mass is 31.2. The van der Waals surface area contributed by atoms with Gasteiger partial charge in [-0.2, -0.15) is 0 Å². The maximum atomic E-state index is 12.6. The second-order valence-corrected chi connectivity index (χ2v) is 13.6. The summed E-state index contributed by atoms with van der Waals surface area (Å²) in [4.78, 5) is 22.7. The molecule has 8 nitrogen and oxygen atoms in total. The SMILES string of the molecule is CCCCC/C=C/CC/C=C/CC/C=C/C(O)C(COP(=O)(O)OCC[N+](C)(C)C)NC(=O)CCCCCCCCC. The van der Waals surface area contributed by atoms with Crippen LogP contribution in [-0.4, -0.2) is 73.4 Å². The topological polar surface area (TPSA) is 105 Å². The van der Waals surface area contributed by atoms with E-state index in [1.807, 2.05) is 27.2 Å². The molecule has 0 aromatic carbocycles. The van der Waals surface area contributed by atoms with Crippen LogP contribution in [0.25, 0.3) is 0 Å². The molecule has 0 aliphatic rings. The van der Waals surface area contributed by atoms with E-state index in [4.69, 9.17) is 9.05 Å². The standard InChI is InChI=1S/C33H63N2O6P/c1-6-8-10-12-14-15-16-17-18-19-21-22-24-26-32(36)31(30-41-42(38,39)40-29-28-35(3,4)5)34-33(37)27-25-23-20-13-11-9-7-2/h14-15,18-19,24,26,31-32,36H,6-13,16-17,20-23,25,27-30H2,1-5H3,(H-,34,37,38,39)/p+1/b15-14+,19-18+,26-24+. The summed E-state index contributed by atoms with van der Waals surface area (Å²) in [5.74, 6) is -0.203. The monoisotopic (exact) mass is 615 g/mol. The fourth-order valence-electron chi connectivity index (χ4n) is 4.13. The molecule has 9 heteroatoms. The van der Waals surface area contributed by atoms with Crippen molar-refractivity contribution >= 4 is 13.7 Å². The molecule has 0 heterocycles. The molecule has 3 atom stereocenters. The van der Waals surface area contributed by atoms with Crippen LogP contribution >= 0.6 is 7.82 Å². The molecule has 42 heavy (non-hydrogen) atoms. The van der Waals surface area contributed by atoms with E-state index in [0.29, 0.717) is 17.4 Å². The van der Waals surface area contributed by atoms with Crippen LogP contribution in [0.2, 0.25) is 0 Å². The second-order valence-electron chi connectivity index (χ2n) is 12.2. The van der Waals surface area contributed by atoms with Crippen LogP contribution in [0, 0.1) is 0 Å². The predicted octanol–water partition coefficient (Wildman–Crippen LogP) is 7.62. The van der Waals surface area contributed by atoms with Crippen molar-refractivity contribution in [2.24, 2.45) is 0 Å². The van der Waals surface area contributed by atoms with Gasteiger partial charge in [0, 0.05) is 6.42 Å². The number of carbonyl (C=O) groups is 1. The number of rotatable bonds is 28. The zero-order valence-corrected chi connectivity index (χ0v) is 28.4. The molecule has 0 saturated carbocycles. The third-order valence-electron chi connectivity index (χ3n) is 6.84. The molecular weight excluding hydrogens is 551 g/mol. The fraction of sp³-hybridized carbons (Fsp3) is 0.788. The lowest BCUT2D eigenvalue weighted by Crippen LogP contribution is -2.45. The normalized spacial score (nSPS) is 15.5. The molecule has 3 N–H and O–H groups in total. The van der Waals surface area contributed by atoms with Gasteiger partial charge in [-0.15, -0.1) is 0 Å². The summed E-state index contributed by atoms with van der Waals surface area (Å²) in [5, 5.41) is 13.6. The van der Waals surface area contributed by atoms with Crippen LogP contribution in [0.4, 0.5) is 0 Å². The summed E-state index contributed by atoms with van der Waals surface area (Å²) in [6.07, 6.45) is 28.0. The lowest BCUT2D eigenvalue weighted by atomic mass is 10.1. The average Bonchev–Trinajstić information content (AvgIpc) is 2.92. The number of likely N-dealkylation sites (N-methyl/N-ethyl adjacent to an activating group) is 1. The maximum absolute atomic E-state index is 12.6. The number of phosphoric ester groups is 1. The molecule has 0 aromatic heterocycles. The number of hydrogen-bond donors (Lipinski definition) is 3. The van der Waals surface area contributed by atoms with E-state index in [-0.39, 0.29) is 19.1 Å². The van der Waals surface area contributed by atoms with E-state index in [2.05, 4.69) is 43.5 Å². The van der Waals surface area contributed by atoms with Gasteiger partial charge in [-0.3, -0.25) is 13.8 Å². The summed E-state index contributed by atoms with van der Waals surface area (Å²) < 4.78 is 23.2. The summed E-state index contributed by atoms with van der Waals surface area (Å²) in [6, 6.07) is -0.861. The van der Waals surface area contributed by atoms with Gasteiger partial charge in [0.25, 0.3) is 0 Å². The molecule has 246 valence electrons. The molecule has 0 aliphatic carbocycles. The van der Waals surface area contributed by atoms with E-state index in [1.54, 1.807) is 6.08 Å². The molecule has 0 spiro atoms. The lowest BCUT2D eigenvalue weighted by Gasteiger charge is -2.25. The van der Waals surface area contributed by atoms with Crippen molar-refractivity contribution in [1.29, 1.82) is 0 Å². The molecule has 0 aromatic rings. The Balaban J connectivity index is 4.73. The first-order valence-electron chi connectivity index (χ1n) is 16.4. The van der Waals surface area contributed by atoms with Crippen molar-refractivity contribution in [3.63, 3.8) is 0 Å². The molecular formula is C33H64N2O6P+. The van der Waals surface area contributed by atoms with Crippen LogP contribution in [-0.2, 0) is 18.4 Å². The Morgan fingerprint density at radius 1 is 0.786 bits per heavy atom. The van der Waals surface area contributed by atoms with Gasteiger partial charge in [-0.25, -0.2) is 4.57 Å². The summed E-state index contributed by atoms with van der Waals surface area (Å²) in [6.45, 7) is 4.65. The second kappa shape index (κ2) is 26.2. The molecule has 1 amide bonds. The van der Waals surface area contributed by atoms with Crippen LogP contribution in [0.1, 0.15) is 117 Å². The van der Waals surface area contributed by atoms with Crippen LogP contribution < -0.4 is 5.32 Å². The number of nitrogens with one attached hydrogen (secondary N) is 1. The Hall–Kier alpha value is -1.28. The van der Waals surface area contributed by atoms with Crippen molar-refractivity contribution in [3.8, 4) is 0 Å². The van der Waals surface area contributed by atoms with Gasteiger partial charge in [0.1, 0.15) is 13.2 Å². The summed E-state index contributed by atoms with van der Waals surface area (Å²) in [7, 11) is 1.54. The number of aliphatic hydroxyl groups is 1. The number of quaternary nitrogens is 1. The van der Waals surface area contributed by atoms with Crippen LogP contribution in [0.5, 0.6) is 0 Å². The Bertz CT molecular complexity index is 794. The van der Waals surface area contributed by atoms with Crippen molar-refractivity contribution in [2.45, 2.75) is 129 Å². The Morgan fingerprint density at radius 3 is 1.90 bits per heavy atom. The van der Waals surface area contributed by atoms with Gasteiger partial charge in [-0.1, -0.05) is 102 Å². The van der Waals surface area contributed by atoms with E-state index in [0.717, 1.165) is 51.4 Å². The number of amides is 1. The number of phosphoric acid groups is 1. The summed E-state index contributed by atoms with van der Waals surface area (Å²) >= 11 is 0. The van der Waals surface area contributed by atoms with Crippen molar-refractivity contribution in [1.82, 2.24) is 5.32 Å². The molecule has 0 bridgehead atoms. The highest BCUT2D eigenvalue weighted by molar-refractivity contribution is 7.47. The number of carbonyl (C=O) groups excluding carboxylic acids is 1. The molecule has 0 rings (SSSR count). The lowest BCUT2D eigenvalue weighted by molar-refractivity contribution is -0.870. The van der Waals surface area contributed by atoms with Gasteiger partial charge < -0.3 is 19.8 Å². The van der Waals surface area contributed by atoms with Gasteiger partial charge in [0.2, 0.25) is 5.91 Å². The van der Waals surface area contributed by atoms with E-state index in [9.17, 15) is 19.4 Å². The first kappa shape index (κ1) is 40.7. The number of nitrogens with zero attached hydrogens (tertiary/aromatic N) is 1. The third kappa shape index (κ3) is 27.5. The van der Waals surface area contributed by atoms with Crippen molar-refractivity contribution in [2.75, 3.05) is 40.9 Å². The molecule has 0 saturated heterocycles. The highest BCUT2D eigenvalue weighted by Crippen LogP contribution is 2.43. The molecule has 0 fully saturated rings. The van der Waals surface area contributed by atoms with E-state index >= 15 is 0 Å². The minimum absolute atomic E-state index is 0.0534. The molecule has 0 aliphatic heterocycles. The molecule has 0 radical (unpaired) electrons. The zero-order valence-electron chi connectivity index (χ0n) is 27.5. The van der Waals surface area contributed by atoms with Gasteiger partial charge in [0.05, 0.1) is 39.9 Å². The van der Waals surface area contributed by atoms with Crippen molar-refractivity contribution in [3.05, 3.63) is 36.5 Å². The quantitative estimate of drug-likeness (QED) is 0.0362. The third-order valence-corrected chi connectivity index (χ3v) is 7.82. The minimum atomic E-state index is -4.33. The highest BCUT2D eigenvalue weighted by Gasteiger charge is 2.27.